The van der Waals surface area contributed by atoms with Crippen molar-refractivity contribution in [3.63, 3.8) is 0 Å². The Kier molecular flexibility index (Phi) is 3.14. The van der Waals surface area contributed by atoms with Crippen molar-refractivity contribution in [2.24, 2.45) is 16.6 Å². The molecule has 0 bridgehead atoms. The second-order valence-electron chi connectivity index (χ2n) is 6.21. The molecule has 3 N–H and O–H groups in total. The van der Waals surface area contributed by atoms with E-state index < -0.39 is 5.54 Å². The predicted molar refractivity (Wildman–Crippen MR) is 67.0 cm³/mol. The summed E-state index contributed by atoms with van der Waals surface area (Å²) in [6.45, 7) is 12.7. The summed E-state index contributed by atoms with van der Waals surface area (Å²) in [6, 6.07) is 0.244. The molecule has 3 nitrogen and oxygen atoms in total. The molecule has 0 spiro atoms. The van der Waals surface area contributed by atoms with Crippen LogP contribution in [0, 0.1) is 10.8 Å². The van der Waals surface area contributed by atoms with E-state index in [9.17, 15) is 4.79 Å². The first kappa shape index (κ1) is 13.5. The van der Waals surface area contributed by atoms with E-state index in [1.165, 1.54) is 0 Å². The van der Waals surface area contributed by atoms with Crippen LogP contribution in [0.15, 0.2) is 0 Å². The van der Waals surface area contributed by atoms with Gasteiger partial charge in [0.25, 0.3) is 0 Å². The molecule has 1 aliphatic rings. The Bertz CT molecular complexity index is 276. The van der Waals surface area contributed by atoms with E-state index in [1.54, 1.807) is 0 Å². The molecule has 1 aliphatic carbocycles. The largest absolute Gasteiger partial charge is 0.351 e. The molecule has 0 aromatic carbocycles. The minimum atomic E-state index is -0.700. The third-order valence-electron chi connectivity index (χ3n) is 5.01. The van der Waals surface area contributed by atoms with E-state index in [2.05, 4.69) is 33.0 Å². The zero-order valence-corrected chi connectivity index (χ0v) is 11.5. The molecule has 0 aromatic heterocycles. The van der Waals surface area contributed by atoms with Gasteiger partial charge < -0.3 is 11.1 Å². The normalized spacial score (nSPS) is 22.9. The molecule has 94 valence electrons. The quantitative estimate of drug-likeness (QED) is 0.771. The first-order valence-corrected chi connectivity index (χ1v) is 6.23. The van der Waals surface area contributed by atoms with Crippen molar-refractivity contribution in [3.05, 3.63) is 0 Å². The van der Waals surface area contributed by atoms with Crippen molar-refractivity contribution in [2.75, 3.05) is 0 Å². The number of carbonyl (C=O) groups excluding carboxylic acids is 1. The topological polar surface area (TPSA) is 55.1 Å². The standard InChI is InChI=1S/C13H26N2O/c1-7-13(14,8-2)10(16)15-9-11(3,4)12(9,5)6/h9H,7-8,14H2,1-6H3,(H,15,16). The van der Waals surface area contributed by atoms with Crippen LogP contribution in [0.1, 0.15) is 54.4 Å². The lowest BCUT2D eigenvalue weighted by atomic mass is 9.93. The van der Waals surface area contributed by atoms with Crippen LogP contribution in [0.4, 0.5) is 0 Å². The van der Waals surface area contributed by atoms with Gasteiger partial charge in [-0.2, -0.15) is 0 Å². The highest BCUT2D eigenvalue weighted by Gasteiger charge is 2.65. The average molecular weight is 226 g/mol. The van der Waals surface area contributed by atoms with Gasteiger partial charge in [0.2, 0.25) is 5.91 Å². The number of hydrogen-bond donors (Lipinski definition) is 2. The van der Waals surface area contributed by atoms with Crippen molar-refractivity contribution < 1.29 is 4.79 Å². The molecule has 0 aliphatic heterocycles. The second kappa shape index (κ2) is 3.73. The number of rotatable bonds is 4. The van der Waals surface area contributed by atoms with Gasteiger partial charge in [0.05, 0.1) is 5.54 Å². The lowest BCUT2D eigenvalue weighted by Crippen LogP contribution is -2.54. The molecule has 1 amide bonds. The van der Waals surface area contributed by atoms with Gasteiger partial charge in [0.15, 0.2) is 0 Å². The van der Waals surface area contributed by atoms with Crippen LogP contribution >= 0.6 is 0 Å². The number of amides is 1. The lowest BCUT2D eigenvalue weighted by Gasteiger charge is -2.25. The number of hydrogen-bond acceptors (Lipinski definition) is 2. The zero-order valence-electron chi connectivity index (χ0n) is 11.5. The lowest BCUT2D eigenvalue weighted by molar-refractivity contribution is -0.127. The van der Waals surface area contributed by atoms with Crippen LogP contribution in [0.25, 0.3) is 0 Å². The van der Waals surface area contributed by atoms with Crippen LogP contribution in [-0.2, 0) is 4.79 Å². The fraction of sp³-hybridized carbons (Fsp3) is 0.923. The van der Waals surface area contributed by atoms with Crippen molar-refractivity contribution in [2.45, 2.75) is 66.0 Å². The highest BCUT2D eigenvalue weighted by Crippen LogP contribution is 2.62. The number of nitrogens with one attached hydrogen (secondary N) is 1. The summed E-state index contributed by atoms with van der Waals surface area (Å²) in [7, 11) is 0. The maximum Gasteiger partial charge on any atom is 0.240 e. The fourth-order valence-corrected chi connectivity index (χ4v) is 2.40. The Balaban J connectivity index is 2.68. The summed E-state index contributed by atoms with van der Waals surface area (Å²) >= 11 is 0. The van der Waals surface area contributed by atoms with Gasteiger partial charge >= 0.3 is 0 Å². The van der Waals surface area contributed by atoms with Gasteiger partial charge in [-0.3, -0.25) is 4.79 Å². The fourth-order valence-electron chi connectivity index (χ4n) is 2.40. The van der Waals surface area contributed by atoms with E-state index in [0.717, 1.165) is 0 Å². The summed E-state index contributed by atoms with van der Waals surface area (Å²) < 4.78 is 0. The Morgan fingerprint density at radius 1 is 1.19 bits per heavy atom. The first-order chi connectivity index (χ1) is 7.13. The van der Waals surface area contributed by atoms with Gasteiger partial charge in [0.1, 0.15) is 0 Å². The third-order valence-corrected chi connectivity index (χ3v) is 5.01. The summed E-state index contributed by atoms with van der Waals surface area (Å²) in [6.07, 6.45) is 1.37. The Hall–Kier alpha value is -0.570. The van der Waals surface area contributed by atoms with Crippen molar-refractivity contribution in [1.29, 1.82) is 0 Å². The molecule has 0 atom stereocenters. The van der Waals surface area contributed by atoms with Crippen LogP contribution in [0.5, 0.6) is 0 Å². The molecule has 0 unspecified atom stereocenters. The molecule has 0 saturated heterocycles. The summed E-state index contributed by atoms with van der Waals surface area (Å²) in [4.78, 5) is 12.1. The average Bonchev–Trinajstić information content (AvgIpc) is 2.59. The van der Waals surface area contributed by atoms with E-state index in [-0.39, 0.29) is 22.8 Å². The molecule has 0 heterocycles. The predicted octanol–water partition coefficient (Wildman–Crippen LogP) is 2.05. The number of carbonyl (C=O) groups is 1. The van der Waals surface area contributed by atoms with Gasteiger partial charge in [-0.1, -0.05) is 41.5 Å². The van der Waals surface area contributed by atoms with E-state index in [4.69, 9.17) is 5.73 Å². The molecule has 16 heavy (non-hydrogen) atoms. The molecule has 1 rings (SSSR count). The molecule has 3 heteroatoms. The molecule has 1 saturated carbocycles. The minimum Gasteiger partial charge on any atom is -0.351 e. The van der Waals surface area contributed by atoms with Crippen molar-refractivity contribution in [1.82, 2.24) is 5.32 Å². The summed E-state index contributed by atoms with van der Waals surface area (Å²) in [5.74, 6) is 0.00106. The first-order valence-electron chi connectivity index (χ1n) is 6.23. The van der Waals surface area contributed by atoms with Crippen LogP contribution < -0.4 is 11.1 Å². The van der Waals surface area contributed by atoms with Gasteiger partial charge in [-0.15, -0.1) is 0 Å². The van der Waals surface area contributed by atoms with Crippen LogP contribution in [0.3, 0.4) is 0 Å². The zero-order chi connectivity index (χ0) is 12.8. The Labute approximate surface area is 99.2 Å². The minimum absolute atomic E-state index is 0.00106. The number of nitrogens with two attached hydrogens (primary N) is 1. The molecular weight excluding hydrogens is 200 g/mol. The maximum absolute atomic E-state index is 12.1. The van der Waals surface area contributed by atoms with E-state index >= 15 is 0 Å². The van der Waals surface area contributed by atoms with Crippen molar-refractivity contribution >= 4 is 5.91 Å². The Morgan fingerprint density at radius 3 is 1.81 bits per heavy atom. The van der Waals surface area contributed by atoms with E-state index in [1.807, 2.05) is 13.8 Å². The van der Waals surface area contributed by atoms with Gasteiger partial charge in [0, 0.05) is 6.04 Å². The highest BCUT2D eigenvalue weighted by molar-refractivity contribution is 5.86. The van der Waals surface area contributed by atoms with Gasteiger partial charge in [-0.05, 0) is 23.7 Å². The second-order valence-corrected chi connectivity index (χ2v) is 6.21. The molecule has 0 aromatic rings. The summed E-state index contributed by atoms with van der Waals surface area (Å²) in [5.41, 5.74) is 5.72. The van der Waals surface area contributed by atoms with E-state index in [0.29, 0.717) is 12.8 Å². The molecular formula is C13H26N2O. The molecule has 0 radical (unpaired) electrons. The monoisotopic (exact) mass is 226 g/mol. The smallest absolute Gasteiger partial charge is 0.240 e. The molecule has 1 fully saturated rings. The van der Waals surface area contributed by atoms with Crippen LogP contribution in [-0.4, -0.2) is 17.5 Å². The van der Waals surface area contributed by atoms with Gasteiger partial charge in [-0.25, -0.2) is 0 Å². The van der Waals surface area contributed by atoms with Crippen molar-refractivity contribution in [3.8, 4) is 0 Å². The highest BCUT2D eigenvalue weighted by atomic mass is 16.2. The summed E-state index contributed by atoms with van der Waals surface area (Å²) in [5, 5.41) is 3.11. The van der Waals surface area contributed by atoms with Crippen LogP contribution in [0.2, 0.25) is 0 Å². The Morgan fingerprint density at radius 2 is 1.56 bits per heavy atom. The third kappa shape index (κ3) is 1.75. The SMILES string of the molecule is CCC(N)(CC)C(=O)NC1C(C)(C)C1(C)C. The maximum atomic E-state index is 12.1.